The summed E-state index contributed by atoms with van der Waals surface area (Å²) in [6.45, 7) is 4.45. The number of amides is 2. The summed E-state index contributed by atoms with van der Waals surface area (Å²) < 4.78 is 0. The molecule has 3 N–H and O–H groups in total. The van der Waals surface area contributed by atoms with Gasteiger partial charge in [-0.2, -0.15) is 0 Å². The van der Waals surface area contributed by atoms with Crippen LogP contribution in [-0.4, -0.2) is 34.3 Å². The molecule has 0 saturated carbocycles. The fraction of sp³-hybridized carbons (Fsp3) is 0.421. The molecule has 2 atom stereocenters. The Labute approximate surface area is 156 Å². The van der Waals surface area contributed by atoms with Crippen molar-refractivity contribution in [2.75, 3.05) is 17.6 Å². The number of rotatable bonds is 3. The standard InChI is InChI=1S/C19H22N4O2S/c1-3-6-14-19(12-7-4-5-8-13(12)22-17(19)25)9-10-23(14)16(24)15-11(2)21-18(20)26-15/h4-5,7-8,14H,3,6,9-10H2,1-2H3,(H2,20,21)(H,22,25)/t14-,19-/m0/s1. The third-order valence-electron chi connectivity index (χ3n) is 5.58. The molecule has 1 aromatic heterocycles. The predicted molar refractivity (Wildman–Crippen MR) is 102 cm³/mol. The molecule has 1 saturated heterocycles. The number of thiazole rings is 1. The normalized spacial score (nSPS) is 24.2. The first-order valence-corrected chi connectivity index (χ1v) is 9.75. The number of aromatic nitrogens is 1. The molecule has 0 aliphatic carbocycles. The van der Waals surface area contributed by atoms with Crippen molar-refractivity contribution in [1.29, 1.82) is 0 Å². The van der Waals surface area contributed by atoms with Crippen LogP contribution in [0.15, 0.2) is 24.3 Å². The Kier molecular flexibility index (Phi) is 3.99. The number of hydrogen-bond donors (Lipinski definition) is 2. The van der Waals surface area contributed by atoms with Crippen molar-refractivity contribution >= 4 is 34.0 Å². The lowest BCUT2D eigenvalue weighted by Gasteiger charge is -2.33. The quantitative estimate of drug-likeness (QED) is 0.869. The Hall–Kier alpha value is -2.41. The molecular weight excluding hydrogens is 348 g/mol. The number of carbonyl (C=O) groups is 2. The summed E-state index contributed by atoms with van der Waals surface area (Å²) in [5.74, 6) is -0.0582. The molecule has 1 aromatic carbocycles. The lowest BCUT2D eigenvalue weighted by atomic mass is 9.73. The van der Waals surface area contributed by atoms with Gasteiger partial charge in [0.2, 0.25) is 5.91 Å². The van der Waals surface area contributed by atoms with Crippen molar-refractivity contribution in [3.05, 3.63) is 40.4 Å². The van der Waals surface area contributed by atoms with Crippen LogP contribution in [0.4, 0.5) is 10.8 Å². The number of nitrogens with two attached hydrogens (primary N) is 1. The summed E-state index contributed by atoms with van der Waals surface area (Å²) in [6, 6.07) is 7.67. The Morgan fingerprint density at radius 2 is 2.23 bits per heavy atom. The van der Waals surface area contributed by atoms with E-state index in [2.05, 4.69) is 17.2 Å². The molecule has 7 heteroatoms. The summed E-state index contributed by atoms with van der Waals surface area (Å²) in [4.78, 5) is 32.9. The highest BCUT2D eigenvalue weighted by Gasteiger charge is 2.58. The fourth-order valence-corrected chi connectivity index (χ4v) is 5.26. The van der Waals surface area contributed by atoms with E-state index in [1.54, 1.807) is 6.92 Å². The average Bonchev–Trinajstić information content (AvgIpc) is 3.24. The molecule has 136 valence electrons. The van der Waals surface area contributed by atoms with Crippen LogP contribution in [0.1, 0.15) is 47.1 Å². The van der Waals surface area contributed by atoms with Gasteiger partial charge in [0.25, 0.3) is 5.91 Å². The molecule has 6 nitrogen and oxygen atoms in total. The zero-order valence-corrected chi connectivity index (χ0v) is 15.7. The summed E-state index contributed by atoms with van der Waals surface area (Å²) >= 11 is 1.22. The van der Waals surface area contributed by atoms with Crippen molar-refractivity contribution in [1.82, 2.24) is 9.88 Å². The number of nitrogens with one attached hydrogen (secondary N) is 1. The number of para-hydroxylation sites is 1. The second kappa shape index (κ2) is 6.09. The van der Waals surface area contributed by atoms with Gasteiger partial charge in [0.1, 0.15) is 4.88 Å². The Morgan fingerprint density at radius 3 is 2.92 bits per heavy atom. The van der Waals surface area contributed by atoms with Gasteiger partial charge in [0.15, 0.2) is 5.13 Å². The van der Waals surface area contributed by atoms with E-state index in [0.717, 1.165) is 24.1 Å². The van der Waals surface area contributed by atoms with Crippen LogP contribution in [0.2, 0.25) is 0 Å². The smallest absolute Gasteiger partial charge is 0.266 e. The number of anilines is 2. The molecule has 2 aromatic rings. The topological polar surface area (TPSA) is 88.3 Å². The van der Waals surface area contributed by atoms with Crippen LogP contribution >= 0.6 is 11.3 Å². The molecule has 0 bridgehead atoms. The van der Waals surface area contributed by atoms with Crippen molar-refractivity contribution in [3.8, 4) is 0 Å². The third-order valence-corrected chi connectivity index (χ3v) is 6.56. The minimum atomic E-state index is -0.660. The van der Waals surface area contributed by atoms with Gasteiger partial charge in [-0.1, -0.05) is 42.9 Å². The van der Waals surface area contributed by atoms with E-state index >= 15 is 0 Å². The number of hydrogen-bond acceptors (Lipinski definition) is 5. The minimum absolute atomic E-state index is 0.00740. The maximum Gasteiger partial charge on any atom is 0.266 e. The van der Waals surface area contributed by atoms with Crippen LogP contribution in [0.3, 0.4) is 0 Å². The van der Waals surface area contributed by atoms with Gasteiger partial charge in [-0.15, -0.1) is 0 Å². The highest BCUT2D eigenvalue weighted by atomic mass is 32.1. The largest absolute Gasteiger partial charge is 0.375 e. The number of nitrogens with zero attached hydrogens (tertiary/aromatic N) is 2. The molecule has 2 amide bonds. The van der Waals surface area contributed by atoms with Gasteiger partial charge >= 0.3 is 0 Å². The van der Waals surface area contributed by atoms with E-state index in [0.29, 0.717) is 28.7 Å². The van der Waals surface area contributed by atoms with Gasteiger partial charge in [-0.05, 0) is 31.4 Å². The summed E-state index contributed by atoms with van der Waals surface area (Å²) in [5.41, 5.74) is 7.66. The molecular formula is C19H22N4O2S. The van der Waals surface area contributed by atoms with E-state index in [-0.39, 0.29) is 17.9 Å². The number of nitrogen functional groups attached to an aromatic ring is 1. The van der Waals surface area contributed by atoms with Gasteiger partial charge < -0.3 is 16.0 Å². The van der Waals surface area contributed by atoms with Crippen LogP contribution in [-0.2, 0) is 10.2 Å². The number of likely N-dealkylation sites (tertiary alicyclic amines) is 1. The average molecular weight is 370 g/mol. The van der Waals surface area contributed by atoms with Crippen molar-refractivity contribution in [3.63, 3.8) is 0 Å². The van der Waals surface area contributed by atoms with Crippen LogP contribution < -0.4 is 11.1 Å². The second-order valence-corrected chi connectivity index (χ2v) is 8.02. The molecule has 0 unspecified atom stereocenters. The summed E-state index contributed by atoms with van der Waals surface area (Å²) in [7, 11) is 0. The second-order valence-electron chi connectivity index (χ2n) is 6.99. The third kappa shape index (κ3) is 2.26. The number of carbonyl (C=O) groups excluding carboxylic acids is 2. The number of aryl methyl sites for hydroxylation is 1. The summed E-state index contributed by atoms with van der Waals surface area (Å²) in [5, 5.41) is 3.43. The van der Waals surface area contributed by atoms with Crippen LogP contribution in [0.25, 0.3) is 0 Å². The molecule has 0 radical (unpaired) electrons. The van der Waals surface area contributed by atoms with E-state index in [4.69, 9.17) is 5.73 Å². The van der Waals surface area contributed by atoms with Crippen molar-refractivity contribution < 1.29 is 9.59 Å². The van der Waals surface area contributed by atoms with Crippen LogP contribution in [0, 0.1) is 6.92 Å². The zero-order valence-electron chi connectivity index (χ0n) is 14.9. The minimum Gasteiger partial charge on any atom is -0.375 e. The van der Waals surface area contributed by atoms with Crippen LogP contribution in [0.5, 0.6) is 0 Å². The highest BCUT2D eigenvalue weighted by molar-refractivity contribution is 7.17. The number of benzene rings is 1. The van der Waals surface area contributed by atoms with Gasteiger partial charge in [0, 0.05) is 12.2 Å². The molecule has 2 aliphatic rings. The maximum absolute atomic E-state index is 13.2. The highest BCUT2D eigenvalue weighted by Crippen LogP contribution is 2.49. The zero-order chi connectivity index (χ0) is 18.5. The van der Waals surface area contributed by atoms with E-state index in [9.17, 15) is 9.59 Å². The van der Waals surface area contributed by atoms with Crippen molar-refractivity contribution in [2.45, 2.75) is 44.6 Å². The first kappa shape index (κ1) is 17.0. The first-order valence-electron chi connectivity index (χ1n) is 8.94. The number of fused-ring (bicyclic) bond motifs is 2. The SMILES string of the molecule is CCC[C@@H]1N(C(=O)c2sc(N)nc2C)CC[C@@]12C(=O)Nc1ccccc12. The lowest BCUT2D eigenvalue weighted by molar-refractivity contribution is -0.121. The molecule has 1 spiro atoms. The Bertz CT molecular complexity index is 893. The monoisotopic (exact) mass is 370 g/mol. The van der Waals surface area contributed by atoms with E-state index in [1.807, 2.05) is 29.2 Å². The predicted octanol–water partition coefficient (Wildman–Crippen LogP) is 2.94. The first-order chi connectivity index (χ1) is 12.5. The van der Waals surface area contributed by atoms with Crippen molar-refractivity contribution in [2.24, 2.45) is 0 Å². The van der Waals surface area contributed by atoms with E-state index < -0.39 is 5.41 Å². The molecule has 26 heavy (non-hydrogen) atoms. The summed E-state index contributed by atoms with van der Waals surface area (Å²) in [6.07, 6.45) is 2.32. The lowest BCUT2D eigenvalue weighted by Crippen LogP contribution is -2.48. The molecule has 1 fully saturated rings. The van der Waals surface area contributed by atoms with Gasteiger partial charge in [-0.25, -0.2) is 4.98 Å². The molecule has 2 aliphatic heterocycles. The van der Waals surface area contributed by atoms with Gasteiger partial charge in [0.05, 0.1) is 17.2 Å². The van der Waals surface area contributed by atoms with Gasteiger partial charge in [-0.3, -0.25) is 9.59 Å². The Balaban J connectivity index is 1.77. The van der Waals surface area contributed by atoms with E-state index in [1.165, 1.54) is 11.3 Å². The molecule has 4 rings (SSSR count). The molecule has 3 heterocycles. The fourth-order valence-electron chi connectivity index (χ4n) is 4.47. The Morgan fingerprint density at radius 1 is 1.46 bits per heavy atom. The maximum atomic E-state index is 13.2.